The Morgan fingerprint density at radius 2 is 1.69 bits per heavy atom. The minimum Gasteiger partial charge on any atom is -0.340 e. The van der Waals surface area contributed by atoms with Crippen LogP contribution < -0.4 is 0 Å². The number of thiophene rings is 1. The summed E-state index contributed by atoms with van der Waals surface area (Å²) in [5, 5.41) is 3.00. The number of fused-ring (bicyclic) bond motifs is 1. The molecule has 0 bridgehead atoms. The third kappa shape index (κ3) is 5.26. The van der Waals surface area contributed by atoms with Gasteiger partial charge in [0.2, 0.25) is 5.91 Å². The van der Waals surface area contributed by atoms with Crippen LogP contribution in [0.25, 0.3) is 0 Å². The Hall–Kier alpha value is -2.38. The van der Waals surface area contributed by atoms with E-state index in [1.807, 2.05) is 11.0 Å². The van der Waals surface area contributed by atoms with Gasteiger partial charge in [0, 0.05) is 42.6 Å². The number of amides is 2. The van der Waals surface area contributed by atoms with E-state index in [0.717, 1.165) is 19.4 Å². The van der Waals surface area contributed by atoms with Gasteiger partial charge in [0.1, 0.15) is 0 Å². The predicted octanol–water partition coefficient (Wildman–Crippen LogP) is 5.38. The number of benzene rings is 2. The van der Waals surface area contributed by atoms with Crippen molar-refractivity contribution in [2.75, 3.05) is 39.3 Å². The third-order valence-electron chi connectivity index (χ3n) is 6.82. The zero-order chi connectivity index (χ0) is 24.4. The zero-order valence-corrected chi connectivity index (χ0v) is 21.7. The largest absolute Gasteiger partial charge is 0.340 e. The van der Waals surface area contributed by atoms with Gasteiger partial charge in [-0.2, -0.15) is 0 Å². The molecular formula is C27H27Cl2N3O2S. The lowest BCUT2D eigenvalue weighted by molar-refractivity contribution is -0.132. The molecule has 5 rings (SSSR count). The second-order valence-corrected chi connectivity index (χ2v) is 10.8. The summed E-state index contributed by atoms with van der Waals surface area (Å²) in [4.78, 5) is 33.9. The van der Waals surface area contributed by atoms with Crippen LogP contribution in [-0.4, -0.2) is 65.8 Å². The van der Waals surface area contributed by atoms with E-state index in [0.29, 0.717) is 48.3 Å². The van der Waals surface area contributed by atoms with Crippen molar-refractivity contribution in [3.8, 4) is 0 Å². The fourth-order valence-corrected chi connectivity index (χ4v) is 6.43. The van der Waals surface area contributed by atoms with Crippen molar-refractivity contribution < 1.29 is 9.59 Å². The van der Waals surface area contributed by atoms with E-state index < -0.39 is 0 Å². The van der Waals surface area contributed by atoms with Crippen LogP contribution in [0.5, 0.6) is 0 Å². The Bertz CT molecular complexity index is 1220. The molecule has 1 saturated heterocycles. The highest BCUT2D eigenvalue weighted by Crippen LogP contribution is 2.37. The van der Waals surface area contributed by atoms with E-state index in [9.17, 15) is 9.59 Å². The number of rotatable bonds is 4. The van der Waals surface area contributed by atoms with E-state index in [4.69, 9.17) is 23.2 Å². The molecule has 182 valence electrons. The highest BCUT2D eigenvalue weighted by Gasteiger charge is 2.32. The van der Waals surface area contributed by atoms with Gasteiger partial charge in [-0.3, -0.25) is 14.5 Å². The number of carbonyl (C=O) groups excluding carboxylic acids is 2. The number of halogens is 2. The maximum absolute atomic E-state index is 13.4. The van der Waals surface area contributed by atoms with Crippen molar-refractivity contribution in [2.24, 2.45) is 0 Å². The van der Waals surface area contributed by atoms with E-state index in [1.54, 1.807) is 34.4 Å². The van der Waals surface area contributed by atoms with Gasteiger partial charge in [0.05, 0.1) is 23.2 Å². The number of hydrogen-bond acceptors (Lipinski definition) is 4. The molecule has 0 unspecified atom stereocenters. The van der Waals surface area contributed by atoms with Gasteiger partial charge < -0.3 is 9.80 Å². The second kappa shape index (κ2) is 10.7. The van der Waals surface area contributed by atoms with Gasteiger partial charge in [-0.25, -0.2) is 0 Å². The van der Waals surface area contributed by atoms with Crippen LogP contribution in [0.4, 0.5) is 0 Å². The first kappa shape index (κ1) is 24.3. The van der Waals surface area contributed by atoms with Crippen LogP contribution in [-0.2, 0) is 11.2 Å². The maximum Gasteiger partial charge on any atom is 0.255 e. The van der Waals surface area contributed by atoms with Crippen LogP contribution in [0.3, 0.4) is 0 Å². The summed E-state index contributed by atoms with van der Waals surface area (Å²) in [6.07, 6.45) is 1.70. The molecule has 0 radical (unpaired) electrons. The first-order chi connectivity index (χ1) is 17.0. The fraction of sp³-hybridized carbons (Fsp3) is 0.333. The molecule has 35 heavy (non-hydrogen) atoms. The summed E-state index contributed by atoms with van der Waals surface area (Å²) < 4.78 is 0. The van der Waals surface area contributed by atoms with Crippen LogP contribution in [0, 0.1) is 0 Å². The first-order valence-electron chi connectivity index (χ1n) is 11.9. The summed E-state index contributed by atoms with van der Waals surface area (Å²) in [7, 11) is 0. The topological polar surface area (TPSA) is 43.9 Å². The SMILES string of the molecule is O=C(CN1CCc2sccc2[C@@H]1c1ccccc1)N1CCCN(C(=O)c2ccc(Cl)cc2Cl)CC1. The van der Waals surface area contributed by atoms with E-state index in [1.165, 1.54) is 16.0 Å². The number of hydrogen-bond donors (Lipinski definition) is 0. The molecule has 5 nitrogen and oxygen atoms in total. The van der Waals surface area contributed by atoms with Crippen molar-refractivity contribution in [3.05, 3.63) is 91.6 Å². The third-order valence-corrected chi connectivity index (χ3v) is 8.36. The summed E-state index contributed by atoms with van der Waals surface area (Å²) in [6, 6.07) is 17.7. The molecule has 3 aromatic rings. The lowest BCUT2D eigenvalue weighted by Gasteiger charge is -2.37. The van der Waals surface area contributed by atoms with Crippen LogP contribution in [0.15, 0.2) is 60.0 Å². The number of carbonyl (C=O) groups is 2. The van der Waals surface area contributed by atoms with Crippen molar-refractivity contribution in [1.82, 2.24) is 14.7 Å². The summed E-state index contributed by atoms with van der Waals surface area (Å²) >= 11 is 14.0. The predicted molar refractivity (Wildman–Crippen MR) is 141 cm³/mol. The Morgan fingerprint density at radius 1 is 0.914 bits per heavy atom. The Balaban J connectivity index is 1.26. The lowest BCUT2D eigenvalue weighted by atomic mass is 9.93. The molecule has 2 amide bonds. The van der Waals surface area contributed by atoms with Gasteiger partial charge in [-0.1, -0.05) is 53.5 Å². The monoisotopic (exact) mass is 527 g/mol. The molecule has 0 saturated carbocycles. The Kier molecular flexibility index (Phi) is 7.44. The average Bonchev–Trinajstić information content (AvgIpc) is 3.19. The molecule has 3 heterocycles. The second-order valence-electron chi connectivity index (χ2n) is 8.98. The molecule has 2 aromatic carbocycles. The molecule has 0 aliphatic carbocycles. The van der Waals surface area contributed by atoms with E-state index >= 15 is 0 Å². The normalized spacial score (nSPS) is 18.7. The molecule has 1 aromatic heterocycles. The highest BCUT2D eigenvalue weighted by atomic mass is 35.5. The zero-order valence-electron chi connectivity index (χ0n) is 19.3. The molecule has 8 heteroatoms. The van der Waals surface area contributed by atoms with Crippen LogP contribution in [0.1, 0.15) is 38.8 Å². The minimum absolute atomic E-state index is 0.0900. The fourth-order valence-electron chi connectivity index (χ4n) is 5.04. The van der Waals surface area contributed by atoms with Gasteiger partial charge in [0.25, 0.3) is 5.91 Å². The van der Waals surface area contributed by atoms with Crippen LogP contribution >= 0.6 is 34.5 Å². The quantitative estimate of drug-likeness (QED) is 0.457. The smallest absolute Gasteiger partial charge is 0.255 e. The van der Waals surface area contributed by atoms with E-state index in [2.05, 4.69) is 40.6 Å². The summed E-state index contributed by atoms with van der Waals surface area (Å²) in [5.74, 6) is -0.00504. The van der Waals surface area contributed by atoms with E-state index in [-0.39, 0.29) is 17.9 Å². The molecule has 0 N–H and O–H groups in total. The minimum atomic E-state index is -0.119. The lowest BCUT2D eigenvalue weighted by Crippen LogP contribution is -2.45. The standard InChI is InChI=1S/C27H27Cl2N3O2S/c28-20-7-8-21(23(29)17-20)27(34)31-12-4-11-30(14-15-31)25(33)18-32-13-9-24-22(10-16-35-24)26(32)19-5-2-1-3-6-19/h1-3,5-8,10,16-17,26H,4,9,11-15,18H2/t26-/m0/s1. The van der Waals surface area contributed by atoms with Crippen molar-refractivity contribution in [1.29, 1.82) is 0 Å². The van der Waals surface area contributed by atoms with Gasteiger partial charge in [-0.15, -0.1) is 11.3 Å². The molecular weight excluding hydrogens is 501 g/mol. The van der Waals surface area contributed by atoms with Crippen LogP contribution in [0.2, 0.25) is 10.0 Å². The molecule has 0 spiro atoms. The van der Waals surface area contributed by atoms with Crippen molar-refractivity contribution >= 4 is 46.4 Å². The molecule has 1 atom stereocenters. The summed E-state index contributed by atoms with van der Waals surface area (Å²) in [6.45, 7) is 3.46. The average molecular weight is 529 g/mol. The molecule has 2 aliphatic heterocycles. The number of nitrogens with zero attached hydrogens (tertiary/aromatic N) is 3. The Labute approximate surface area is 219 Å². The molecule has 1 fully saturated rings. The maximum atomic E-state index is 13.4. The highest BCUT2D eigenvalue weighted by molar-refractivity contribution is 7.10. The van der Waals surface area contributed by atoms with Gasteiger partial charge in [0.15, 0.2) is 0 Å². The van der Waals surface area contributed by atoms with Gasteiger partial charge >= 0.3 is 0 Å². The Morgan fingerprint density at radius 3 is 2.49 bits per heavy atom. The molecule has 2 aliphatic rings. The van der Waals surface area contributed by atoms with Gasteiger partial charge in [-0.05, 0) is 53.6 Å². The van der Waals surface area contributed by atoms with Crippen molar-refractivity contribution in [3.63, 3.8) is 0 Å². The van der Waals surface area contributed by atoms with Crippen molar-refractivity contribution in [2.45, 2.75) is 18.9 Å². The summed E-state index contributed by atoms with van der Waals surface area (Å²) in [5.41, 5.74) is 2.97. The first-order valence-corrected chi connectivity index (χ1v) is 13.5.